The first-order valence-electron chi connectivity index (χ1n) is 6.10. The van der Waals surface area contributed by atoms with E-state index in [4.69, 9.17) is 0 Å². The summed E-state index contributed by atoms with van der Waals surface area (Å²) in [6.45, 7) is 2.12. The molecule has 0 unspecified atom stereocenters. The lowest BCUT2D eigenvalue weighted by atomic mass is 10.0. The van der Waals surface area contributed by atoms with Gasteiger partial charge < -0.3 is 15.5 Å². The molecule has 1 aromatic rings. The Morgan fingerprint density at radius 3 is 2.82 bits per heavy atom. The Labute approximate surface area is 101 Å². The summed E-state index contributed by atoms with van der Waals surface area (Å²) in [5.74, 6) is 0.127. The lowest BCUT2D eigenvalue weighted by Gasteiger charge is -2.37. The van der Waals surface area contributed by atoms with Crippen molar-refractivity contribution in [1.29, 1.82) is 0 Å². The van der Waals surface area contributed by atoms with Gasteiger partial charge in [-0.05, 0) is 30.2 Å². The third kappa shape index (κ3) is 1.89. The molecule has 0 radical (unpaired) electrons. The van der Waals surface area contributed by atoms with Crippen LogP contribution >= 0.6 is 0 Å². The van der Waals surface area contributed by atoms with E-state index in [0.717, 1.165) is 25.2 Å². The highest BCUT2D eigenvalue weighted by Crippen LogP contribution is 2.28. The molecule has 4 nitrogen and oxygen atoms in total. The van der Waals surface area contributed by atoms with Gasteiger partial charge in [-0.25, -0.2) is 0 Å². The zero-order chi connectivity index (χ0) is 11.8. The monoisotopic (exact) mass is 231 g/mol. The van der Waals surface area contributed by atoms with Crippen molar-refractivity contribution in [2.75, 3.05) is 30.4 Å². The molecule has 0 saturated carbocycles. The van der Waals surface area contributed by atoms with E-state index < -0.39 is 0 Å². The van der Waals surface area contributed by atoms with Crippen LogP contribution in [0.25, 0.3) is 0 Å². The molecule has 2 aliphatic heterocycles. The summed E-state index contributed by atoms with van der Waals surface area (Å²) in [5, 5.41) is 6.19. The number of amides is 1. The minimum atomic E-state index is 0.127. The second-order valence-electron chi connectivity index (χ2n) is 4.81. The van der Waals surface area contributed by atoms with Gasteiger partial charge in [-0.15, -0.1) is 0 Å². The van der Waals surface area contributed by atoms with E-state index >= 15 is 0 Å². The van der Waals surface area contributed by atoms with Crippen molar-refractivity contribution in [2.45, 2.75) is 18.9 Å². The zero-order valence-electron chi connectivity index (χ0n) is 9.99. The van der Waals surface area contributed by atoms with Gasteiger partial charge in [0.15, 0.2) is 0 Å². The van der Waals surface area contributed by atoms with Crippen molar-refractivity contribution < 1.29 is 4.79 Å². The molecule has 1 saturated heterocycles. The van der Waals surface area contributed by atoms with Crippen molar-refractivity contribution in [3.05, 3.63) is 23.8 Å². The molecule has 0 atom stereocenters. The van der Waals surface area contributed by atoms with E-state index in [2.05, 4.69) is 34.7 Å². The number of carbonyl (C=O) groups is 1. The molecule has 3 rings (SSSR count). The van der Waals surface area contributed by atoms with Crippen molar-refractivity contribution in [2.24, 2.45) is 0 Å². The molecule has 90 valence electrons. The number of nitrogens with zero attached hydrogens (tertiary/aromatic N) is 1. The number of hydrogen-bond acceptors (Lipinski definition) is 3. The van der Waals surface area contributed by atoms with E-state index in [0.29, 0.717) is 12.5 Å². The number of anilines is 2. The van der Waals surface area contributed by atoms with Gasteiger partial charge >= 0.3 is 0 Å². The maximum absolute atomic E-state index is 11.3. The summed E-state index contributed by atoms with van der Waals surface area (Å²) < 4.78 is 0. The maximum Gasteiger partial charge on any atom is 0.224 e. The van der Waals surface area contributed by atoms with E-state index in [1.54, 1.807) is 0 Å². The van der Waals surface area contributed by atoms with Gasteiger partial charge in [0.05, 0.1) is 6.04 Å². The van der Waals surface area contributed by atoms with Crippen molar-refractivity contribution in [3.8, 4) is 0 Å². The second kappa shape index (κ2) is 4.04. The normalized spacial score (nSPS) is 19.2. The molecular weight excluding hydrogens is 214 g/mol. The smallest absolute Gasteiger partial charge is 0.224 e. The van der Waals surface area contributed by atoms with Crippen LogP contribution in [-0.4, -0.2) is 32.1 Å². The van der Waals surface area contributed by atoms with Gasteiger partial charge in [-0.1, -0.05) is 0 Å². The third-order valence-corrected chi connectivity index (χ3v) is 3.70. The van der Waals surface area contributed by atoms with E-state index in [1.165, 1.54) is 11.3 Å². The summed E-state index contributed by atoms with van der Waals surface area (Å²) >= 11 is 0. The number of rotatable bonds is 2. The fourth-order valence-corrected chi connectivity index (χ4v) is 2.35. The van der Waals surface area contributed by atoms with Gasteiger partial charge in [0.2, 0.25) is 5.91 Å². The highest BCUT2D eigenvalue weighted by molar-refractivity contribution is 5.94. The first kappa shape index (κ1) is 10.6. The Kier molecular flexibility index (Phi) is 2.52. The van der Waals surface area contributed by atoms with Crippen molar-refractivity contribution >= 4 is 17.3 Å². The molecule has 1 aromatic carbocycles. The summed E-state index contributed by atoms with van der Waals surface area (Å²) in [4.78, 5) is 13.6. The Morgan fingerprint density at radius 2 is 2.12 bits per heavy atom. The summed E-state index contributed by atoms with van der Waals surface area (Å²) in [7, 11) is 2.13. The second-order valence-corrected chi connectivity index (χ2v) is 4.81. The number of carbonyl (C=O) groups excluding carboxylic acids is 1. The predicted octanol–water partition coefficient (Wildman–Crippen LogP) is 0.979. The lowest BCUT2D eigenvalue weighted by molar-refractivity contribution is -0.116. The van der Waals surface area contributed by atoms with E-state index in [-0.39, 0.29) is 5.91 Å². The zero-order valence-corrected chi connectivity index (χ0v) is 9.99. The molecule has 1 amide bonds. The fraction of sp³-hybridized carbons (Fsp3) is 0.462. The lowest BCUT2D eigenvalue weighted by Crippen LogP contribution is -2.56. The van der Waals surface area contributed by atoms with E-state index in [1.807, 2.05) is 6.07 Å². The standard InChI is InChI=1S/C13H17N3O/c1-16(11-7-14-8-11)10-3-4-12-9(6-10)2-5-13(17)15-12/h3-4,6,11,14H,2,5,7-8H2,1H3,(H,15,17). The minimum absolute atomic E-state index is 0.127. The Balaban J connectivity index is 1.85. The van der Waals surface area contributed by atoms with Gasteiger partial charge in [-0.3, -0.25) is 4.79 Å². The van der Waals surface area contributed by atoms with Crippen LogP contribution in [0.3, 0.4) is 0 Å². The average Bonchev–Trinajstić information content (AvgIpc) is 2.26. The highest BCUT2D eigenvalue weighted by atomic mass is 16.1. The van der Waals surface area contributed by atoms with Crippen LogP contribution in [-0.2, 0) is 11.2 Å². The SMILES string of the molecule is CN(c1ccc2c(c1)CCC(=O)N2)C1CNC1. The van der Waals surface area contributed by atoms with Crippen LogP contribution in [0.15, 0.2) is 18.2 Å². The fourth-order valence-electron chi connectivity index (χ4n) is 2.35. The first-order valence-corrected chi connectivity index (χ1v) is 6.10. The van der Waals surface area contributed by atoms with Crippen LogP contribution < -0.4 is 15.5 Å². The molecular formula is C13H17N3O. The Hall–Kier alpha value is -1.55. The largest absolute Gasteiger partial charge is 0.369 e. The molecule has 1 fully saturated rings. The van der Waals surface area contributed by atoms with Gasteiger partial charge in [0.1, 0.15) is 0 Å². The summed E-state index contributed by atoms with van der Waals surface area (Å²) in [6.07, 6.45) is 1.46. The number of likely N-dealkylation sites (N-methyl/N-ethyl adjacent to an activating group) is 1. The average molecular weight is 231 g/mol. The quantitative estimate of drug-likeness (QED) is 0.797. The number of nitrogens with one attached hydrogen (secondary N) is 2. The van der Waals surface area contributed by atoms with Crippen LogP contribution in [0, 0.1) is 0 Å². The molecule has 4 heteroatoms. The Bertz CT molecular complexity index is 454. The van der Waals surface area contributed by atoms with E-state index in [9.17, 15) is 4.79 Å². The molecule has 17 heavy (non-hydrogen) atoms. The number of aryl methyl sites for hydroxylation is 1. The molecule has 2 N–H and O–H groups in total. The van der Waals surface area contributed by atoms with Crippen LogP contribution in [0.1, 0.15) is 12.0 Å². The topological polar surface area (TPSA) is 44.4 Å². The number of benzene rings is 1. The summed E-state index contributed by atoms with van der Waals surface area (Å²) in [5.41, 5.74) is 3.47. The highest BCUT2D eigenvalue weighted by Gasteiger charge is 2.23. The molecule has 0 bridgehead atoms. The number of fused-ring (bicyclic) bond motifs is 1. The van der Waals surface area contributed by atoms with Crippen molar-refractivity contribution in [3.63, 3.8) is 0 Å². The minimum Gasteiger partial charge on any atom is -0.369 e. The van der Waals surface area contributed by atoms with Crippen LogP contribution in [0.4, 0.5) is 11.4 Å². The molecule has 0 aromatic heterocycles. The summed E-state index contributed by atoms with van der Waals surface area (Å²) in [6, 6.07) is 6.91. The molecule has 0 aliphatic carbocycles. The first-order chi connectivity index (χ1) is 8.24. The van der Waals surface area contributed by atoms with Gasteiger partial charge in [-0.2, -0.15) is 0 Å². The third-order valence-electron chi connectivity index (χ3n) is 3.70. The van der Waals surface area contributed by atoms with Crippen LogP contribution in [0.5, 0.6) is 0 Å². The molecule has 0 spiro atoms. The van der Waals surface area contributed by atoms with Crippen LogP contribution in [0.2, 0.25) is 0 Å². The van der Waals surface area contributed by atoms with Gasteiger partial charge in [0, 0.05) is 37.9 Å². The predicted molar refractivity (Wildman–Crippen MR) is 68.5 cm³/mol. The molecule has 2 aliphatic rings. The van der Waals surface area contributed by atoms with Crippen molar-refractivity contribution in [1.82, 2.24) is 5.32 Å². The number of hydrogen-bond donors (Lipinski definition) is 2. The maximum atomic E-state index is 11.3. The Morgan fingerprint density at radius 1 is 1.29 bits per heavy atom. The molecule has 2 heterocycles. The van der Waals surface area contributed by atoms with Gasteiger partial charge in [0.25, 0.3) is 0 Å².